The highest BCUT2D eigenvalue weighted by Crippen LogP contribution is 2.23. The van der Waals surface area contributed by atoms with Crippen molar-refractivity contribution in [2.24, 2.45) is 0 Å². The first-order valence-corrected chi connectivity index (χ1v) is 6.84. The lowest BCUT2D eigenvalue weighted by atomic mass is 9.96. The number of aromatic nitrogens is 4. The molecule has 0 bridgehead atoms. The van der Waals surface area contributed by atoms with Gasteiger partial charge in [-0.3, -0.25) is 0 Å². The Morgan fingerprint density at radius 3 is 2.20 bits per heavy atom. The Hall–Kier alpha value is -1.91. The van der Waals surface area contributed by atoms with Gasteiger partial charge in [-0.2, -0.15) is 5.10 Å². The van der Waals surface area contributed by atoms with E-state index in [1.807, 2.05) is 24.7 Å². The second kappa shape index (κ2) is 4.89. The first-order valence-electron chi connectivity index (χ1n) is 6.84. The topological polar surface area (TPSA) is 55.6 Å². The summed E-state index contributed by atoms with van der Waals surface area (Å²) in [6.45, 7) is 12.5. The Balaban J connectivity index is 2.64. The van der Waals surface area contributed by atoms with E-state index in [0.29, 0.717) is 0 Å². The minimum atomic E-state index is -0.104. The molecule has 0 aliphatic rings. The molecule has 2 rings (SSSR count). The lowest BCUT2D eigenvalue weighted by Crippen LogP contribution is -2.19. The number of nitrogens with zero attached hydrogens (tertiary/aromatic N) is 4. The molecule has 0 spiro atoms. The zero-order valence-electron chi connectivity index (χ0n) is 13.4. The molecule has 5 heteroatoms. The molecule has 0 radical (unpaired) electrons. The second-order valence-electron chi connectivity index (χ2n) is 6.14. The van der Waals surface area contributed by atoms with Gasteiger partial charge in [-0.25, -0.2) is 14.6 Å². The van der Waals surface area contributed by atoms with E-state index in [4.69, 9.17) is 0 Å². The summed E-state index contributed by atoms with van der Waals surface area (Å²) >= 11 is 0. The Bertz CT molecular complexity index is 634. The minimum absolute atomic E-state index is 0.104. The van der Waals surface area contributed by atoms with Crippen molar-refractivity contribution < 1.29 is 0 Å². The van der Waals surface area contributed by atoms with Crippen molar-refractivity contribution >= 4 is 5.82 Å². The van der Waals surface area contributed by atoms with Crippen molar-refractivity contribution in [3.05, 3.63) is 28.8 Å². The summed E-state index contributed by atoms with van der Waals surface area (Å²) in [7, 11) is 1.87. The molecule has 0 saturated heterocycles. The van der Waals surface area contributed by atoms with Gasteiger partial charge in [-0.15, -0.1) is 0 Å². The third-order valence-corrected chi connectivity index (χ3v) is 3.51. The van der Waals surface area contributed by atoms with Gasteiger partial charge in [0.2, 0.25) is 0 Å². The predicted molar refractivity (Wildman–Crippen MR) is 81.6 cm³/mol. The average Bonchev–Trinajstić information content (AvgIpc) is 2.65. The maximum absolute atomic E-state index is 4.69. The van der Waals surface area contributed by atoms with Gasteiger partial charge in [0.1, 0.15) is 11.6 Å². The van der Waals surface area contributed by atoms with Crippen LogP contribution in [-0.2, 0) is 5.41 Å². The molecule has 20 heavy (non-hydrogen) atoms. The quantitative estimate of drug-likeness (QED) is 0.914. The summed E-state index contributed by atoms with van der Waals surface area (Å²) in [4.78, 5) is 9.23. The van der Waals surface area contributed by atoms with Crippen molar-refractivity contribution in [1.29, 1.82) is 0 Å². The lowest BCUT2D eigenvalue weighted by Gasteiger charge is -2.18. The smallest absolute Gasteiger partial charge is 0.159 e. The highest BCUT2D eigenvalue weighted by molar-refractivity contribution is 5.43. The SMILES string of the molecule is CNc1cc(-n2nc(C)c(C)c2C)nc(C(C)(C)C)n1. The van der Waals surface area contributed by atoms with E-state index in [9.17, 15) is 0 Å². The highest BCUT2D eigenvalue weighted by atomic mass is 15.3. The first kappa shape index (κ1) is 14.5. The molecule has 0 aliphatic heterocycles. The first-order chi connectivity index (χ1) is 9.24. The molecule has 2 aromatic heterocycles. The van der Waals surface area contributed by atoms with Crippen molar-refractivity contribution in [2.75, 3.05) is 12.4 Å². The number of rotatable bonds is 2. The third-order valence-electron chi connectivity index (χ3n) is 3.51. The molecule has 108 valence electrons. The number of aryl methyl sites for hydroxylation is 1. The Labute approximate surface area is 120 Å². The Kier molecular flexibility index (Phi) is 3.54. The van der Waals surface area contributed by atoms with Gasteiger partial charge in [0.15, 0.2) is 5.82 Å². The van der Waals surface area contributed by atoms with Crippen LogP contribution in [0.1, 0.15) is 43.5 Å². The van der Waals surface area contributed by atoms with Crippen molar-refractivity contribution in [3.63, 3.8) is 0 Å². The molecule has 5 nitrogen and oxygen atoms in total. The normalized spacial score (nSPS) is 11.8. The zero-order valence-corrected chi connectivity index (χ0v) is 13.4. The van der Waals surface area contributed by atoms with Gasteiger partial charge in [0, 0.05) is 24.2 Å². The molecule has 2 heterocycles. The van der Waals surface area contributed by atoms with E-state index >= 15 is 0 Å². The van der Waals surface area contributed by atoms with Gasteiger partial charge in [0.25, 0.3) is 0 Å². The van der Waals surface area contributed by atoms with Crippen LogP contribution in [0.5, 0.6) is 0 Å². The summed E-state index contributed by atoms with van der Waals surface area (Å²) in [5, 5.41) is 7.68. The predicted octanol–water partition coefficient (Wildman–Crippen LogP) is 2.93. The van der Waals surface area contributed by atoms with Gasteiger partial charge in [-0.1, -0.05) is 20.8 Å². The van der Waals surface area contributed by atoms with Crippen LogP contribution >= 0.6 is 0 Å². The monoisotopic (exact) mass is 273 g/mol. The van der Waals surface area contributed by atoms with Crippen LogP contribution < -0.4 is 5.32 Å². The van der Waals surface area contributed by atoms with Crippen LogP contribution in [0.15, 0.2) is 6.07 Å². The molecule has 0 unspecified atom stereocenters. The third kappa shape index (κ3) is 2.53. The van der Waals surface area contributed by atoms with Gasteiger partial charge in [-0.05, 0) is 26.3 Å². The number of hydrogen-bond donors (Lipinski definition) is 1. The fraction of sp³-hybridized carbons (Fsp3) is 0.533. The molecule has 0 atom stereocenters. The van der Waals surface area contributed by atoms with Crippen LogP contribution in [0.2, 0.25) is 0 Å². The number of anilines is 1. The van der Waals surface area contributed by atoms with Crippen molar-refractivity contribution in [2.45, 2.75) is 47.0 Å². The molecule has 0 aliphatic carbocycles. The Morgan fingerprint density at radius 2 is 1.75 bits per heavy atom. The molecule has 1 N–H and O–H groups in total. The van der Waals surface area contributed by atoms with Crippen molar-refractivity contribution in [1.82, 2.24) is 19.7 Å². The number of hydrogen-bond acceptors (Lipinski definition) is 4. The van der Waals surface area contributed by atoms with E-state index in [1.165, 1.54) is 5.56 Å². The standard InChI is InChI=1S/C15H23N5/c1-9-10(2)19-20(11(9)3)13-8-12(16-7)17-14(18-13)15(4,5)6/h8H,1-7H3,(H,16,17,18). The molecule has 0 amide bonds. The molecule has 0 saturated carbocycles. The van der Waals surface area contributed by atoms with E-state index in [1.54, 1.807) is 0 Å². The summed E-state index contributed by atoms with van der Waals surface area (Å²) in [6, 6.07) is 1.92. The lowest BCUT2D eigenvalue weighted by molar-refractivity contribution is 0.542. The van der Waals surface area contributed by atoms with Gasteiger partial charge >= 0.3 is 0 Å². The van der Waals surface area contributed by atoms with E-state index in [0.717, 1.165) is 28.8 Å². The van der Waals surface area contributed by atoms with Gasteiger partial charge < -0.3 is 5.32 Å². The van der Waals surface area contributed by atoms with Crippen LogP contribution in [0, 0.1) is 20.8 Å². The summed E-state index contributed by atoms with van der Waals surface area (Å²) in [5.74, 6) is 2.43. The molecule has 0 fully saturated rings. The summed E-state index contributed by atoms with van der Waals surface area (Å²) in [5.41, 5.74) is 3.24. The van der Waals surface area contributed by atoms with E-state index in [2.05, 4.69) is 55.0 Å². The van der Waals surface area contributed by atoms with Crippen LogP contribution in [0.25, 0.3) is 5.82 Å². The molecule has 0 aromatic carbocycles. The maximum Gasteiger partial charge on any atom is 0.159 e. The largest absolute Gasteiger partial charge is 0.373 e. The molecular formula is C15H23N5. The highest BCUT2D eigenvalue weighted by Gasteiger charge is 2.20. The fourth-order valence-electron chi connectivity index (χ4n) is 1.95. The minimum Gasteiger partial charge on any atom is -0.373 e. The summed E-state index contributed by atoms with van der Waals surface area (Å²) < 4.78 is 1.89. The van der Waals surface area contributed by atoms with E-state index < -0.39 is 0 Å². The van der Waals surface area contributed by atoms with Crippen LogP contribution in [0.3, 0.4) is 0 Å². The van der Waals surface area contributed by atoms with E-state index in [-0.39, 0.29) is 5.41 Å². The average molecular weight is 273 g/mol. The Morgan fingerprint density at radius 1 is 1.10 bits per heavy atom. The molecule has 2 aromatic rings. The summed E-state index contributed by atoms with van der Waals surface area (Å²) in [6.07, 6.45) is 0. The van der Waals surface area contributed by atoms with Gasteiger partial charge in [0.05, 0.1) is 5.69 Å². The van der Waals surface area contributed by atoms with Crippen LogP contribution in [0.4, 0.5) is 5.82 Å². The molecular weight excluding hydrogens is 250 g/mol. The number of nitrogens with one attached hydrogen (secondary N) is 1. The fourth-order valence-corrected chi connectivity index (χ4v) is 1.95. The maximum atomic E-state index is 4.69. The van der Waals surface area contributed by atoms with Crippen LogP contribution in [-0.4, -0.2) is 26.8 Å². The zero-order chi connectivity index (χ0) is 15.1. The van der Waals surface area contributed by atoms with Crippen molar-refractivity contribution in [3.8, 4) is 5.82 Å². The second-order valence-corrected chi connectivity index (χ2v) is 6.14.